The lowest BCUT2D eigenvalue weighted by Gasteiger charge is -2.06. The van der Waals surface area contributed by atoms with Gasteiger partial charge in [0.05, 0.1) is 11.0 Å². The van der Waals surface area contributed by atoms with Crippen LogP contribution in [-0.4, -0.2) is 15.1 Å². The van der Waals surface area contributed by atoms with E-state index in [1.807, 2.05) is 36.4 Å². The number of rotatable bonds is 2. The highest BCUT2D eigenvalue weighted by Crippen LogP contribution is 2.23. The Balaban J connectivity index is 2.04. The van der Waals surface area contributed by atoms with Crippen molar-refractivity contribution in [2.24, 2.45) is 0 Å². The molecule has 2 aromatic carbocycles. The fraction of sp³-hybridized carbons (Fsp3) is 0.0714. The molecule has 1 atom stereocenters. The van der Waals surface area contributed by atoms with Crippen LogP contribution in [0.25, 0.3) is 11.0 Å². The molecule has 0 radical (unpaired) electrons. The molecule has 4 heteroatoms. The maximum atomic E-state index is 10.2. The Morgan fingerprint density at radius 1 is 1.11 bits per heavy atom. The molecule has 2 N–H and O–H groups in total. The third-order valence-electron chi connectivity index (χ3n) is 2.84. The Kier molecular flexibility index (Phi) is 2.78. The molecule has 0 aliphatic heterocycles. The third-order valence-corrected chi connectivity index (χ3v) is 3.07. The van der Waals surface area contributed by atoms with Crippen LogP contribution in [-0.2, 0) is 0 Å². The van der Waals surface area contributed by atoms with Crippen LogP contribution >= 0.6 is 11.6 Å². The highest BCUT2D eigenvalue weighted by Gasteiger charge is 2.14. The van der Waals surface area contributed by atoms with Gasteiger partial charge >= 0.3 is 0 Å². The number of fused-ring (bicyclic) bond motifs is 1. The lowest BCUT2D eigenvalue weighted by molar-refractivity contribution is 0.211. The van der Waals surface area contributed by atoms with Crippen LogP contribution < -0.4 is 0 Å². The number of aliphatic hydroxyl groups excluding tert-OH is 1. The van der Waals surface area contributed by atoms with E-state index in [0.717, 1.165) is 16.6 Å². The van der Waals surface area contributed by atoms with E-state index >= 15 is 0 Å². The van der Waals surface area contributed by atoms with Gasteiger partial charge in [0, 0.05) is 5.02 Å². The smallest absolute Gasteiger partial charge is 0.140 e. The first-order valence-corrected chi connectivity index (χ1v) is 6.00. The summed E-state index contributed by atoms with van der Waals surface area (Å²) >= 11 is 5.91. The number of aromatic nitrogens is 2. The van der Waals surface area contributed by atoms with Crippen molar-refractivity contribution in [3.05, 3.63) is 64.9 Å². The number of halogens is 1. The molecule has 0 aliphatic carbocycles. The van der Waals surface area contributed by atoms with Gasteiger partial charge in [0.2, 0.25) is 0 Å². The molecule has 1 heterocycles. The zero-order valence-corrected chi connectivity index (χ0v) is 10.2. The van der Waals surface area contributed by atoms with Gasteiger partial charge in [-0.3, -0.25) is 0 Å². The molecule has 0 saturated heterocycles. The molecule has 90 valence electrons. The summed E-state index contributed by atoms with van der Waals surface area (Å²) in [7, 11) is 0. The second-order valence-electron chi connectivity index (χ2n) is 4.10. The summed E-state index contributed by atoms with van der Waals surface area (Å²) in [5, 5.41) is 10.9. The van der Waals surface area contributed by atoms with Crippen LogP contribution in [0.2, 0.25) is 5.02 Å². The van der Waals surface area contributed by atoms with E-state index < -0.39 is 6.10 Å². The van der Waals surface area contributed by atoms with Crippen molar-refractivity contribution in [2.75, 3.05) is 0 Å². The third kappa shape index (κ3) is 1.98. The Bertz CT molecular complexity index is 679. The zero-order chi connectivity index (χ0) is 12.5. The van der Waals surface area contributed by atoms with Crippen LogP contribution in [0.4, 0.5) is 0 Å². The standard InChI is InChI=1S/C14H11ClN2O/c15-10-6-7-11-12(8-10)17-14(16-11)13(18)9-4-2-1-3-5-9/h1-8,13,18H,(H,16,17)/t13-/m0/s1. The van der Waals surface area contributed by atoms with Gasteiger partial charge in [0.15, 0.2) is 0 Å². The normalized spacial score (nSPS) is 12.8. The molecular weight excluding hydrogens is 248 g/mol. The van der Waals surface area contributed by atoms with Crippen molar-refractivity contribution in [3.8, 4) is 0 Å². The highest BCUT2D eigenvalue weighted by molar-refractivity contribution is 6.31. The zero-order valence-electron chi connectivity index (χ0n) is 9.47. The number of imidazole rings is 1. The number of hydrogen-bond acceptors (Lipinski definition) is 2. The summed E-state index contributed by atoms with van der Waals surface area (Å²) in [6.07, 6.45) is -0.752. The molecule has 0 bridgehead atoms. The Morgan fingerprint density at radius 3 is 2.67 bits per heavy atom. The van der Waals surface area contributed by atoms with E-state index in [1.165, 1.54) is 0 Å². The van der Waals surface area contributed by atoms with Crippen LogP contribution in [0.1, 0.15) is 17.5 Å². The number of nitrogens with one attached hydrogen (secondary N) is 1. The first kappa shape index (κ1) is 11.3. The van der Waals surface area contributed by atoms with Crippen molar-refractivity contribution in [1.29, 1.82) is 0 Å². The minimum atomic E-state index is -0.752. The number of benzene rings is 2. The van der Waals surface area contributed by atoms with E-state index in [1.54, 1.807) is 12.1 Å². The van der Waals surface area contributed by atoms with Gasteiger partial charge in [-0.1, -0.05) is 41.9 Å². The topological polar surface area (TPSA) is 48.9 Å². The number of H-pyrrole nitrogens is 1. The van der Waals surface area contributed by atoms with E-state index in [-0.39, 0.29) is 0 Å². The summed E-state index contributed by atoms with van der Waals surface area (Å²) < 4.78 is 0. The van der Waals surface area contributed by atoms with Crippen LogP contribution in [0.3, 0.4) is 0 Å². The molecule has 0 aliphatic rings. The Morgan fingerprint density at radius 2 is 1.89 bits per heavy atom. The monoisotopic (exact) mass is 258 g/mol. The fourth-order valence-corrected chi connectivity index (χ4v) is 2.10. The number of aliphatic hydroxyl groups is 1. The second-order valence-corrected chi connectivity index (χ2v) is 4.53. The second kappa shape index (κ2) is 4.44. The van der Waals surface area contributed by atoms with E-state index in [2.05, 4.69) is 9.97 Å². The predicted octanol–water partition coefficient (Wildman–Crippen LogP) is 3.30. The SMILES string of the molecule is O[C@@H](c1ccccc1)c1nc2ccc(Cl)cc2[nH]1. The first-order valence-electron chi connectivity index (χ1n) is 5.62. The highest BCUT2D eigenvalue weighted by atomic mass is 35.5. The Labute approximate surface area is 109 Å². The lowest BCUT2D eigenvalue weighted by Crippen LogP contribution is -2.01. The van der Waals surface area contributed by atoms with Gasteiger partial charge in [-0.05, 0) is 23.8 Å². The summed E-state index contributed by atoms with van der Waals surface area (Å²) in [6, 6.07) is 14.8. The van der Waals surface area contributed by atoms with Crippen molar-refractivity contribution in [2.45, 2.75) is 6.10 Å². The molecule has 0 fully saturated rings. The average molecular weight is 259 g/mol. The molecule has 3 nitrogen and oxygen atoms in total. The van der Waals surface area contributed by atoms with Crippen molar-refractivity contribution < 1.29 is 5.11 Å². The van der Waals surface area contributed by atoms with Crippen molar-refractivity contribution in [3.63, 3.8) is 0 Å². The molecule has 3 rings (SSSR count). The number of hydrogen-bond donors (Lipinski definition) is 2. The quantitative estimate of drug-likeness (QED) is 0.741. The predicted molar refractivity (Wildman–Crippen MR) is 71.6 cm³/mol. The van der Waals surface area contributed by atoms with Crippen LogP contribution in [0, 0.1) is 0 Å². The van der Waals surface area contributed by atoms with Gasteiger partial charge < -0.3 is 10.1 Å². The molecule has 0 amide bonds. The van der Waals surface area contributed by atoms with Crippen LogP contribution in [0.15, 0.2) is 48.5 Å². The van der Waals surface area contributed by atoms with E-state index in [4.69, 9.17) is 11.6 Å². The number of aromatic amines is 1. The van der Waals surface area contributed by atoms with Gasteiger partial charge in [-0.2, -0.15) is 0 Å². The van der Waals surface area contributed by atoms with Crippen molar-refractivity contribution in [1.82, 2.24) is 9.97 Å². The molecular formula is C14H11ClN2O. The van der Waals surface area contributed by atoms with Gasteiger partial charge in [0.25, 0.3) is 0 Å². The summed E-state index contributed by atoms with van der Waals surface area (Å²) in [5.74, 6) is 0.526. The van der Waals surface area contributed by atoms with Gasteiger partial charge in [-0.15, -0.1) is 0 Å². The summed E-state index contributed by atoms with van der Waals surface area (Å²) in [6.45, 7) is 0. The minimum absolute atomic E-state index is 0.526. The maximum Gasteiger partial charge on any atom is 0.140 e. The first-order chi connectivity index (χ1) is 8.74. The van der Waals surface area contributed by atoms with Gasteiger partial charge in [-0.25, -0.2) is 4.98 Å². The van der Waals surface area contributed by atoms with Crippen LogP contribution in [0.5, 0.6) is 0 Å². The maximum absolute atomic E-state index is 10.2. The molecule has 0 saturated carbocycles. The molecule has 18 heavy (non-hydrogen) atoms. The van der Waals surface area contributed by atoms with Gasteiger partial charge in [0.1, 0.15) is 11.9 Å². The molecule has 0 unspecified atom stereocenters. The van der Waals surface area contributed by atoms with E-state index in [9.17, 15) is 5.11 Å². The Hall–Kier alpha value is -1.84. The lowest BCUT2D eigenvalue weighted by atomic mass is 10.1. The fourth-order valence-electron chi connectivity index (χ4n) is 1.92. The molecule has 0 spiro atoms. The average Bonchev–Trinajstić information content (AvgIpc) is 2.81. The molecule has 3 aromatic rings. The minimum Gasteiger partial charge on any atom is -0.380 e. The van der Waals surface area contributed by atoms with E-state index in [0.29, 0.717) is 10.8 Å². The number of nitrogens with zero attached hydrogens (tertiary/aromatic N) is 1. The summed E-state index contributed by atoms with van der Waals surface area (Å²) in [4.78, 5) is 7.46. The largest absolute Gasteiger partial charge is 0.380 e. The summed E-state index contributed by atoms with van der Waals surface area (Å²) in [5.41, 5.74) is 2.43. The molecule has 1 aromatic heterocycles. The van der Waals surface area contributed by atoms with Crippen molar-refractivity contribution >= 4 is 22.6 Å².